The minimum atomic E-state index is -0.309. The molecule has 0 saturated carbocycles. The van der Waals surface area contributed by atoms with Gasteiger partial charge in [-0.1, -0.05) is 72.4 Å². The number of carbonyl (C=O) groups excluding carboxylic acids is 2. The van der Waals surface area contributed by atoms with Gasteiger partial charge in [0, 0.05) is 17.3 Å². The van der Waals surface area contributed by atoms with Gasteiger partial charge in [0.1, 0.15) is 0 Å². The quantitative estimate of drug-likeness (QED) is 0.297. The van der Waals surface area contributed by atoms with Gasteiger partial charge in [0.2, 0.25) is 0 Å². The number of aliphatic imine (C=N–C) groups is 1. The van der Waals surface area contributed by atoms with E-state index in [1.54, 1.807) is 65.6 Å². The maximum absolute atomic E-state index is 13.3. The topological polar surface area (TPSA) is 61.8 Å². The Hall–Kier alpha value is -2.77. The maximum atomic E-state index is 13.3. The highest BCUT2D eigenvalue weighted by Crippen LogP contribution is 2.36. The predicted molar refractivity (Wildman–Crippen MR) is 152 cm³/mol. The van der Waals surface area contributed by atoms with Crippen molar-refractivity contribution in [2.24, 2.45) is 4.99 Å². The molecule has 0 aliphatic carbocycles. The summed E-state index contributed by atoms with van der Waals surface area (Å²) in [4.78, 5) is 32.8. The second kappa shape index (κ2) is 12.0. The van der Waals surface area contributed by atoms with Crippen molar-refractivity contribution in [3.05, 3.63) is 97.8 Å². The molecule has 0 spiro atoms. The Morgan fingerprint density at radius 1 is 1.03 bits per heavy atom. The average molecular weight is 559 g/mol. The van der Waals surface area contributed by atoms with Gasteiger partial charge in [-0.25, -0.2) is 4.99 Å². The zero-order chi connectivity index (χ0) is 25.7. The van der Waals surface area contributed by atoms with Gasteiger partial charge in [0.15, 0.2) is 5.17 Å². The van der Waals surface area contributed by atoms with Crippen molar-refractivity contribution in [2.75, 3.05) is 11.9 Å². The van der Waals surface area contributed by atoms with Crippen LogP contribution in [0.3, 0.4) is 0 Å². The Morgan fingerprint density at radius 3 is 2.58 bits per heavy atom. The zero-order valence-electron chi connectivity index (χ0n) is 19.3. The van der Waals surface area contributed by atoms with Gasteiger partial charge in [-0.3, -0.25) is 14.5 Å². The van der Waals surface area contributed by atoms with Crippen molar-refractivity contribution >= 4 is 81.0 Å². The fraction of sp³-hybridized carbons (Fsp3) is 0.148. The van der Waals surface area contributed by atoms with E-state index in [9.17, 15) is 9.59 Å². The first kappa shape index (κ1) is 26.3. The van der Waals surface area contributed by atoms with Crippen LogP contribution >= 0.6 is 46.6 Å². The summed E-state index contributed by atoms with van der Waals surface area (Å²) in [5.41, 5.74) is 2.29. The van der Waals surface area contributed by atoms with Crippen molar-refractivity contribution in [2.45, 2.75) is 19.8 Å². The third kappa shape index (κ3) is 6.31. The lowest BCUT2D eigenvalue weighted by molar-refractivity contribution is -0.122. The monoisotopic (exact) mass is 557 g/mol. The van der Waals surface area contributed by atoms with Gasteiger partial charge in [0.05, 0.1) is 26.2 Å². The molecule has 0 bridgehead atoms. The number of carbonyl (C=O) groups is 2. The number of nitrogens with one attached hydrogen (secondary N) is 1. The molecule has 9 heteroatoms. The third-order valence-corrected chi connectivity index (χ3v) is 7.18. The maximum Gasteiger partial charge on any atom is 0.266 e. The Kier molecular flexibility index (Phi) is 8.75. The molecule has 1 aliphatic heterocycles. The van der Waals surface area contributed by atoms with Gasteiger partial charge in [-0.05, 0) is 72.3 Å². The molecular formula is C27H22Cl3N3O2S. The Labute approximate surface area is 229 Å². The number of hydrogen-bond donors (Lipinski definition) is 1. The van der Waals surface area contributed by atoms with Crippen molar-refractivity contribution in [3.8, 4) is 0 Å². The molecule has 0 aromatic heterocycles. The molecule has 3 aromatic rings. The summed E-state index contributed by atoms with van der Waals surface area (Å²) in [6.07, 6.45) is 3.58. The molecule has 5 nitrogen and oxygen atoms in total. The first-order valence-electron chi connectivity index (χ1n) is 11.3. The SMILES string of the molecule is CCCCN1C(=O)/C(=C\c2cccc(NC(=O)c3ccccc3Cl)c2)SC1=Nc1ccc(Cl)cc1Cl. The summed E-state index contributed by atoms with van der Waals surface area (Å²) in [5, 5.41) is 4.73. The Morgan fingerprint density at radius 2 is 1.83 bits per heavy atom. The van der Waals surface area contributed by atoms with E-state index in [-0.39, 0.29) is 11.8 Å². The smallest absolute Gasteiger partial charge is 0.266 e. The highest BCUT2D eigenvalue weighted by Gasteiger charge is 2.33. The van der Waals surface area contributed by atoms with E-state index in [0.717, 1.165) is 18.4 Å². The van der Waals surface area contributed by atoms with Gasteiger partial charge in [-0.15, -0.1) is 0 Å². The van der Waals surface area contributed by atoms with Crippen LogP contribution in [0.4, 0.5) is 11.4 Å². The Bertz CT molecular complexity index is 1370. The first-order valence-corrected chi connectivity index (χ1v) is 13.2. The lowest BCUT2D eigenvalue weighted by atomic mass is 10.1. The number of nitrogens with zero attached hydrogens (tertiary/aromatic N) is 2. The van der Waals surface area contributed by atoms with Crippen LogP contribution in [0.1, 0.15) is 35.7 Å². The molecule has 1 fully saturated rings. The van der Waals surface area contributed by atoms with E-state index < -0.39 is 0 Å². The first-order chi connectivity index (χ1) is 17.4. The molecule has 1 N–H and O–H groups in total. The standard InChI is InChI=1S/C27H22Cl3N3O2S/c1-2-3-13-33-26(35)24(36-27(33)32-23-12-11-18(28)16-22(23)30)15-17-7-6-8-19(14-17)31-25(34)20-9-4-5-10-21(20)29/h4-12,14-16H,2-3,13H2,1H3,(H,31,34)/b24-15+,32-27?. The summed E-state index contributed by atoms with van der Waals surface area (Å²) in [7, 11) is 0. The summed E-state index contributed by atoms with van der Waals surface area (Å²) in [6, 6.07) is 19.2. The van der Waals surface area contributed by atoms with E-state index in [4.69, 9.17) is 34.8 Å². The predicted octanol–water partition coefficient (Wildman–Crippen LogP) is 8.30. The molecule has 0 atom stereocenters. The number of rotatable bonds is 7. The number of hydrogen-bond acceptors (Lipinski definition) is 4. The van der Waals surface area contributed by atoms with E-state index in [0.29, 0.717) is 48.6 Å². The summed E-state index contributed by atoms with van der Waals surface area (Å²) < 4.78 is 0. The molecule has 4 rings (SSSR count). The largest absolute Gasteiger partial charge is 0.322 e. The summed E-state index contributed by atoms with van der Waals surface area (Å²) in [6.45, 7) is 2.62. The van der Waals surface area contributed by atoms with Crippen LogP contribution in [0.2, 0.25) is 15.1 Å². The molecule has 36 heavy (non-hydrogen) atoms. The minimum Gasteiger partial charge on any atom is -0.322 e. The van der Waals surface area contributed by atoms with Crippen molar-refractivity contribution < 1.29 is 9.59 Å². The number of thioether (sulfide) groups is 1. The van der Waals surface area contributed by atoms with Crippen LogP contribution in [0.15, 0.2) is 76.6 Å². The van der Waals surface area contributed by atoms with Crippen LogP contribution in [0.5, 0.6) is 0 Å². The van der Waals surface area contributed by atoms with Crippen molar-refractivity contribution in [1.82, 2.24) is 4.90 Å². The van der Waals surface area contributed by atoms with Gasteiger partial charge < -0.3 is 5.32 Å². The minimum absolute atomic E-state index is 0.122. The van der Waals surface area contributed by atoms with Crippen LogP contribution in [-0.2, 0) is 4.79 Å². The van der Waals surface area contributed by atoms with E-state index in [2.05, 4.69) is 17.2 Å². The third-order valence-electron chi connectivity index (χ3n) is 5.31. The molecule has 1 saturated heterocycles. The van der Waals surface area contributed by atoms with Crippen LogP contribution < -0.4 is 5.32 Å². The zero-order valence-corrected chi connectivity index (χ0v) is 22.4. The number of halogens is 3. The molecular weight excluding hydrogens is 537 g/mol. The molecule has 0 unspecified atom stereocenters. The number of unbranched alkanes of at least 4 members (excludes halogenated alkanes) is 1. The average Bonchev–Trinajstić information content (AvgIpc) is 3.13. The fourth-order valence-corrected chi connectivity index (χ4v) is 5.17. The van der Waals surface area contributed by atoms with Gasteiger partial charge >= 0.3 is 0 Å². The highest BCUT2D eigenvalue weighted by molar-refractivity contribution is 8.18. The van der Waals surface area contributed by atoms with E-state index >= 15 is 0 Å². The summed E-state index contributed by atoms with van der Waals surface area (Å²) in [5.74, 6) is -0.431. The van der Waals surface area contributed by atoms with Crippen LogP contribution in [-0.4, -0.2) is 28.4 Å². The lowest BCUT2D eigenvalue weighted by Gasteiger charge is -2.15. The van der Waals surface area contributed by atoms with Gasteiger partial charge in [0.25, 0.3) is 11.8 Å². The normalized spacial score (nSPS) is 15.7. The van der Waals surface area contributed by atoms with Crippen LogP contribution in [0, 0.1) is 0 Å². The Balaban J connectivity index is 1.59. The molecule has 3 aromatic carbocycles. The lowest BCUT2D eigenvalue weighted by Crippen LogP contribution is -2.30. The second-order valence-corrected chi connectivity index (χ2v) is 10.2. The second-order valence-electron chi connectivity index (χ2n) is 7.97. The molecule has 2 amide bonds. The van der Waals surface area contributed by atoms with E-state index in [1.807, 2.05) is 12.1 Å². The van der Waals surface area contributed by atoms with Crippen molar-refractivity contribution in [3.63, 3.8) is 0 Å². The molecule has 1 heterocycles. The van der Waals surface area contributed by atoms with E-state index in [1.165, 1.54) is 11.8 Å². The number of anilines is 1. The highest BCUT2D eigenvalue weighted by atomic mass is 35.5. The number of benzene rings is 3. The molecule has 1 aliphatic rings. The van der Waals surface area contributed by atoms with Gasteiger partial charge in [-0.2, -0.15) is 0 Å². The molecule has 0 radical (unpaired) electrons. The van der Waals surface area contributed by atoms with Crippen LogP contribution in [0.25, 0.3) is 6.08 Å². The van der Waals surface area contributed by atoms with Crippen molar-refractivity contribution in [1.29, 1.82) is 0 Å². The number of amidine groups is 1. The number of amides is 2. The fourth-order valence-electron chi connectivity index (χ4n) is 3.48. The summed E-state index contributed by atoms with van der Waals surface area (Å²) >= 11 is 19.8. The molecule has 184 valence electrons.